The number of nitrogens with zero attached hydrogens (tertiary/aromatic N) is 1. The lowest BCUT2D eigenvalue weighted by Gasteiger charge is -1.74. The van der Waals surface area contributed by atoms with Gasteiger partial charge in [0.15, 0.2) is 0 Å². The summed E-state index contributed by atoms with van der Waals surface area (Å²) in [5, 5.41) is 6.17. The Morgan fingerprint density at radius 2 is 2.80 bits per heavy atom. The fraction of sp³-hybridized carbons (Fsp3) is 0. The summed E-state index contributed by atoms with van der Waals surface area (Å²) in [7, 11) is 0. The zero-order valence-electron chi connectivity index (χ0n) is 2.60. The maximum Gasteiger partial charge on any atom is 0.225 e. The number of hydrogen-bond acceptors (Lipinski definition) is 1. The van der Waals surface area contributed by atoms with Crippen LogP contribution in [0.3, 0.4) is 0 Å². The zero-order valence-corrected chi connectivity index (χ0v) is 2.60. The van der Waals surface area contributed by atoms with Crippen molar-refractivity contribution in [3.63, 3.8) is 0 Å². The third-order valence-corrected chi connectivity index (χ3v) is 0.362. The molecule has 1 aliphatic rings. The highest BCUT2D eigenvalue weighted by Gasteiger charge is 1.84. The van der Waals surface area contributed by atoms with E-state index in [4.69, 9.17) is 0 Å². The van der Waals surface area contributed by atoms with Gasteiger partial charge < -0.3 is 5.32 Å². The van der Waals surface area contributed by atoms with E-state index in [1.54, 1.807) is 12.4 Å². The SMILES string of the molecule is [C]1[N]C=CN1. The van der Waals surface area contributed by atoms with E-state index >= 15 is 0 Å². The van der Waals surface area contributed by atoms with Crippen molar-refractivity contribution in [2.24, 2.45) is 0 Å². The molecule has 0 aliphatic carbocycles. The van der Waals surface area contributed by atoms with Crippen LogP contribution in [0.15, 0.2) is 12.4 Å². The molecule has 0 fully saturated rings. The fourth-order valence-electron chi connectivity index (χ4n) is 0.186. The third kappa shape index (κ3) is 0.318. The van der Waals surface area contributed by atoms with Gasteiger partial charge in [0.05, 0.1) is 0 Å². The second-order valence-corrected chi connectivity index (χ2v) is 0.701. The van der Waals surface area contributed by atoms with Gasteiger partial charge in [-0.15, -0.1) is 0 Å². The number of nitrogens with one attached hydrogen (secondary N) is 1. The molecule has 1 rings (SSSR count). The van der Waals surface area contributed by atoms with E-state index in [0.29, 0.717) is 0 Å². The Morgan fingerprint density at radius 3 is 3.00 bits per heavy atom. The highest BCUT2D eigenvalue weighted by Crippen LogP contribution is 1.75. The summed E-state index contributed by atoms with van der Waals surface area (Å²) in [4.78, 5) is 0. The Balaban J connectivity index is 2.32. The number of rotatable bonds is 0. The molecular formula is C3H3N2. The molecule has 1 N–H and O–H groups in total. The minimum atomic E-state index is 1.64. The molecule has 25 valence electrons. The summed E-state index contributed by atoms with van der Waals surface area (Å²) >= 11 is 0. The van der Waals surface area contributed by atoms with E-state index in [0.717, 1.165) is 0 Å². The summed E-state index contributed by atoms with van der Waals surface area (Å²) < 4.78 is 0. The van der Waals surface area contributed by atoms with Crippen LogP contribution in [0.2, 0.25) is 0 Å². The highest BCUT2D eigenvalue weighted by atomic mass is 15.1. The predicted molar refractivity (Wildman–Crippen MR) is 17.7 cm³/mol. The summed E-state index contributed by atoms with van der Waals surface area (Å²) in [5.74, 6) is 0. The van der Waals surface area contributed by atoms with E-state index in [1.807, 2.05) is 0 Å². The minimum Gasteiger partial charge on any atom is -0.359 e. The van der Waals surface area contributed by atoms with Crippen molar-refractivity contribution in [2.75, 3.05) is 0 Å². The van der Waals surface area contributed by atoms with Gasteiger partial charge in [-0.3, -0.25) is 5.32 Å². The van der Waals surface area contributed by atoms with Crippen LogP contribution >= 0.6 is 0 Å². The second-order valence-electron chi connectivity index (χ2n) is 0.701. The van der Waals surface area contributed by atoms with Crippen molar-refractivity contribution in [3.8, 4) is 0 Å². The third-order valence-electron chi connectivity index (χ3n) is 0.362. The van der Waals surface area contributed by atoms with Gasteiger partial charge in [-0.2, -0.15) is 0 Å². The Hall–Kier alpha value is -0.660. The van der Waals surface area contributed by atoms with Crippen molar-refractivity contribution in [3.05, 3.63) is 19.1 Å². The first-order chi connectivity index (χ1) is 2.50. The van der Waals surface area contributed by atoms with E-state index < -0.39 is 0 Å². The van der Waals surface area contributed by atoms with Gasteiger partial charge >= 0.3 is 0 Å². The van der Waals surface area contributed by atoms with E-state index in [-0.39, 0.29) is 0 Å². The fourth-order valence-corrected chi connectivity index (χ4v) is 0.186. The van der Waals surface area contributed by atoms with E-state index in [1.165, 1.54) is 0 Å². The zero-order chi connectivity index (χ0) is 3.54. The number of hydrogen-bond donors (Lipinski definition) is 1. The summed E-state index contributed by atoms with van der Waals surface area (Å²) in [6, 6.07) is 0. The van der Waals surface area contributed by atoms with Crippen LogP contribution in [-0.4, -0.2) is 0 Å². The van der Waals surface area contributed by atoms with Gasteiger partial charge in [-0.25, -0.2) is 0 Å². The molecule has 0 aromatic rings. The van der Waals surface area contributed by atoms with Crippen LogP contribution in [0.25, 0.3) is 0 Å². The van der Waals surface area contributed by atoms with E-state index in [2.05, 4.69) is 17.3 Å². The smallest absolute Gasteiger partial charge is 0.225 e. The molecule has 0 spiro atoms. The molecule has 3 radical (unpaired) electrons. The predicted octanol–water partition coefficient (Wildman–Crippen LogP) is -0.339. The van der Waals surface area contributed by atoms with Crippen LogP contribution < -0.4 is 10.6 Å². The summed E-state index contributed by atoms with van der Waals surface area (Å²) in [6.45, 7) is 2.49. The average Bonchev–Trinajstić information content (AvgIpc) is 1.76. The topological polar surface area (TPSA) is 26.1 Å². The molecule has 2 nitrogen and oxygen atoms in total. The quantitative estimate of drug-likeness (QED) is 0.412. The first-order valence-electron chi connectivity index (χ1n) is 1.35. The molecule has 0 unspecified atom stereocenters. The lowest BCUT2D eigenvalue weighted by molar-refractivity contribution is 0.967. The molecule has 5 heavy (non-hydrogen) atoms. The van der Waals surface area contributed by atoms with Crippen molar-refractivity contribution >= 4 is 0 Å². The average molecular weight is 67.1 g/mol. The largest absolute Gasteiger partial charge is 0.359 e. The van der Waals surface area contributed by atoms with Gasteiger partial charge in [0, 0.05) is 12.4 Å². The Kier molecular flexibility index (Phi) is 0.499. The molecular weight excluding hydrogens is 64.0 g/mol. The molecule has 0 aromatic carbocycles. The Morgan fingerprint density at radius 1 is 1.80 bits per heavy atom. The molecule has 0 atom stereocenters. The standard InChI is InChI=1S/C3H3N2/c1-2-5-3-4-1/h1-2,4H. The molecule has 1 aliphatic heterocycles. The van der Waals surface area contributed by atoms with Crippen LogP contribution in [0.5, 0.6) is 0 Å². The molecule has 1 heterocycles. The second kappa shape index (κ2) is 0.971. The minimum absolute atomic E-state index is 1.64. The van der Waals surface area contributed by atoms with Crippen molar-refractivity contribution < 1.29 is 0 Å². The first kappa shape index (κ1) is 2.57. The molecule has 0 saturated heterocycles. The van der Waals surface area contributed by atoms with Crippen LogP contribution in [-0.2, 0) is 0 Å². The monoisotopic (exact) mass is 67.0 g/mol. The lowest BCUT2D eigenvalue weighted by atomic mass is 11.0. The van der Waals surface area contributed by atoms with Gasteiger partial charge in [-0.05, 0) is 0 Å². The Labute approximate surface area is 30.9 Å². The molecule has 0 saturated carbocycles. The van der Waals surface area contributed by atoms with Crippen LogP contribution in [0.1, 0.15) is 0 Å². The summed E-state index contributed by atoms with van der Waals surface area (Å²) in [6.07, 6.45) is 3.35. The normalized spacial score (nSPS) is 17.6. The van der Waals surface area contributed by atoms with Crippen molar-refractivity contribution in [1.29, 1.82) is 0 Å². The van der Waals surface area contributed by atoms with Crippen molar-refractivity contribution in [1.82, 2.24) is 10.6 Å². The van der Waals surface area contributed by atoms with Crippen molar-refractivity contribution in [2.45, 2.75) is 0 Å². The van der Waals surface area contributed by atoms with Gasteiger partial charge in [0.1, 0.15) is 0 Å². The van der Waals surface area contributed by atoms with E-state index in [9.17, 15) is 0 Å². The molecule has 0 bridgehead atoms. The van der Waals surface area contributed by atoms with Crippen LogP contribution in [0.4, 0.5) is 0 Å². The summed E-state index contributed by atoms with van der Waals surface area (Å²) in [5.41, 5.74) is 0. The Bertz CT molecular complexity index is 42.9. The highest BCUT2D eigenvalue weighted by molar-refractivity contribution is 4.88. The molecule has 0 aromatic heterocycles. The maximum absolute atomic E-state index is 3.54. The maximum atomic E-state index is 3.54. The van der Waals surface area contributed by atoms with Crippen LogP contribution in [0, 0.1) is 6.67 Å². The van der Waals surface area contributed by atoms with Gasteiger partial charge in [0.25, 0.3) is 0 Å². The van der Waals surface area contributed by atoms with Gasteiger partial charge in [-0.1, -0.05) is 0 Å². The molecule has 2 heteroatoms. The van der Waals surface area contributed by atoms with Gasteiger partial charge in [0.2, 0.25) is 6.67 Å². The first-order valence-corrected chi connectivity index (χ1v) is 1.35. The molecule has 0 amide bonds. The lowest BCUT2D eigenvalue weighted by Crippen LogP contribution is -1.95.